The molecule has 0 aliphatic heterocycles. The van der Waals surface area contributed by atoms with Crippen LogP contribution in [-0.4, -0.2) is 12.2 Å². The summed E-state index contributed by atoms with van der Waals surface area (Å²) in [5.41, 5.74) is 3.69. The second-order valence-corrected chi connectivity index (χ2v) is 5.21. The minimum absolute atomic E-state index is 0.160. The first-order valence-electron chi connectivity index (χ1n) is 6.96. The number of benzene rings is 2. The van der Waals surface area contributed by atoms with Crippen molar-refractivity contribution >= 4 is 5.69 Å². The maximum absolute atomic E-state index is 9.78. The summed E-state index contributed by atoms with van der Waals surface area (Å²) < 4.78 is 5.04. The molecular weight excluding hydrogens is 250 g/mol. The van der Waals surface area contributed by atoms with Gasteiger partial charge in [0.25, 0.3) is 0 Å². The van der Waals surface area contributed by atoms with E-state index in [1.165, 1.54) is 24.0 Å². The monoisotopic (exact) mass is 269 g/mol. The summed E-state index contributed by atoms with van der Waals surface area (Å²) in [5, 5.41) is 13.1. The number of hydrogen-bond acceptors (Lipinski definition) is 3. The molecule has 2 N–H and O–H groups in total. The van der Waals surface area contributed by atoms with Gasteiger partial charge in [-0.3, -0.25) is 0 Å². The van der Waals surface area contributed by atoms with Crippen molar-refractivity contribution in [3.63, 3.8) is 0 Å². The minimum Gasteiger partial charge on any atom is -0.504 e. The Labute approximate surface area is 119 Å². The fraction of sp³-hybridized carbons (Fsp3) is 0.294. The average Bonchev–Trinajstić information content (AvgIpc) is 3.30. The largest absolute Gasteiger partial charge is 0.504 e. The van der Waals surface area contributed by atoms with E-state index < -0.39 is 0 Å². The van der Waals surface area contributed by atoms with Crippen molar-refractivity contribution in [1.29, 1.82) is 0 Å². The van der Waals surface area contributed by atoms with Crippen molar-refractivity contribution < 1.29 is 9.84 Å². The molecule has 1 saturated carbocycles. The first kappa shape index (κ1) is 12.9. The molecule has 0 radical (unpaired) electrons. The van der Waals surface area contributed by atoms with Crippen LogP contribution in [0, 0.1) is 0 Å². The van der Waals surface area contributed by atoms with Crippen molar-refractivity contribution in [3.05, 3.63) is 53.6 Å². The van der Waals surface area contributed by atoms with Gasteiger partial charge >= 0.3 is 0 Å². The summed E-state index contributed by atoms with van der Waals surface area (Å²) in [5.74, 6) is 1.40. The molecule has 0 unspecified atom stereocenters. The Morgan fingerprint density at radius 1 is 1.20 bits per heavy atom. The van der Waals surface area contributed by atoms with Gasteiger partial charge in [-0.15, -0.1) is 0 Å². The van der Waals surface area contributed by atoms with Crippen LogP contribution in [0.1, 0.15) is 29.9 Å². The van der Waals surface area contributed by atoms with E-state index >= 15 is 0 Å². The van der Waals surface area contributed by atoms with Crippen LogP contribution in [0.2, 0.25) is 0 Å². The molecule has 104 valence electrons. The molecule has 0 heterocycles. The molecule has 3 heteroatoms. The SMILES string of the molecule is COc1ccc(NCc2ccccc2C2CC2)cc1O. The Morgan fingerprint density at radius 2 is 2.00 bits per heavy atom. The molecule has 3 rings (SSSR count). The van der Waals surface area contributed by atoms with Crippen LogP contribution in [0.15, 0.2) is 42.5 Å². The van der Waals surface area contributed by atoms with E-state index in [1.807, 2.05) is 6.07 Å². The first-order chi connectivity index (χ1) is 9.78. The second kappa shape index (κ2) is 5.45. The van der Waals surface area contributed by atoms with Crippen LogP contribution in [0.25, 0.3) is 0 Å². The highest BCUT2D eigenvalue weighted by atomic mass is 16.5. The number of ether oxygens (including phenoxy) is 1. The highest BCUT2D eigenvalue weighted by Crippen LogP contribution is 2.41. The Morgan fingerprint density at radius 3 is 2.70 bits per heavy atom. The predicted octanol–water partition coefficient (Wildman–Crippen LogP) is 3.89. The van der Waals surface area contributed by atoms with E-state index in [2.05, 4.69) is 29.6 Å². The topological polar surface area (TPSA) is 41.5 Å². The van der Waals surface area contributed by atoms with Crippen molar-refractivity contribution in [3.8, 4) is 11.5 Å². The van der Waals surface area contributed by atoms with Gasteiger partial charge in [0.15, 0.2) is 11.5 Å². The smallest absolute Gasteiger partial charge is 0.160 e. The van der Waals surface area contributed by atoms with Crippen molar-refractivity contribution in [1.82, 2.24) is 0 Å². The van der Waals surface area contributed by atoms with Gasteiger partial charge in [-0.25, -0.2) is 0 Å². The van der Waals surface area contributed by atoms with Gasteiger partial charge in [-0.1, -0.05) is 24.3 Å². The number of hydrogen-bond donors (Lipinski definition) is 2. The van der Waals surface area contributed by atoms with Crippen LogP contribution in [-0.2, 0) is 6.54 Å². The van der Waals surface area contributed by atoms with E-state index in [0.29, 0.717) is 5.75 Å². The molecule has 2 aromatic carbocycles. The lowest BCUT2D eigenvalue weighted by atomic mass is 10.0. The molecule has 1 aliphatic carbocycles. The third-order valence-electron chi connectivity index (χ3n) is 3.73. The van der Waals surface area contributed by atoms with Gasteiger partial charge in [-0.05, 0) is 42.0 Å². The van der Waals surface area contributed by atoms with Crippen molar-refractivity contribution in [2.75, 3.05) is 12.4 Å². The van der Waals surface area contributed by atoms with Crippen LogP contribution < -0.4 is 10.1 Å². The van der Waals surface area contributed by atoms with E-state index in [4.69, 9.17) is 4.74 Å². The molecule has 0 amide bonds. The molecule has 0 saturated heterocycles. The predicted molar refractivity (Wildman–Crippen MR) is 80.4 cm³/mol. The lowest BCUT2D eigenvalue weighted by Gasteiger charge is -2.12. The summed E-state index contributed by atoms with van der Waals surface area (Å²) in [6, 6.07) is 14.0. The Balaban J connectivity index is 1.72. The molecule has 0 spiro atoms. The maximum atomic E-state index is 9.78. The summed E-state index contributed by atoms with van der Waals surface area (Å²) in [7, 11) is 1.55. The molecule has 0 atom stereocenters. The average molecular weight is 269 g/mol. The summed E-state index contributed by atoms with van der Waals surface area (Å²) in [6.07, 6.45) is 2.61. The number of phenolic OH excluding ortho intramolecular Hbond substituents is 1. The minimum atomic E-state index is 0.160. The van der Waals surface area contributed by atoms with Crippen molar-refractivity contribution in [2.45, 2.75) is 25.3 Å². The highest BCUT2D eigenvalue weighted by molar-refractivity contribution is 5.54. The number of methoxy groups -OCH3 is 1. The molecule has 1 aliphatic rings. The van der Waals surface area contributed by atoms with Crippen LogP contribution in [0.3, 0.4) is 0 Å². The molecule has 20 heavy (non-hydrogen) atoms. The van der Waals surface area contributed by atoms with E-state index in [9.17, 15) is 5.11 Å². The highest BCUT2D eigenvalue weighted by Gasteiger charge is 2.25. The zero-order chi connectivity index (χ0) is 13.9. The van der Waals surface area contributed by atoms with Gasteiger partial charge in [0.2, 0.25) is 0 Å². The lowest BCUT2D eigenvalue weighted by Crippen LogP contribution is -2.02. The van der Waals surface area contributed by atoms with Crippen LogP contribution >= 0.6 is 0 Å². The number of nitrogens with one attached hydrogen (secondary N) is 1. The van der Waals surface area contributed by atoms with Crippen LogP contribution in [0.4, 0.5) is 5.69 Å². The number of aromatic hydroxyl groups is 1. The van der Waals surface area contributed by atoms with Gasteiger partial charge in [0.1, 0.15) is 0 Å². The van der Waals surface area contributed by atoms with E-state index in [-0.39, 0.29) is 5.75 Å². The lowest BCUT2D eigenvalue weighted by molar-refractivity contribution is 0.373. The van der Waals surface area contributed by atoms with Crippen LogP contribution in [0.5, 0.6) is 11.5 Å². The quantitative estimate of drug-likeness (QED) is 0.865. The molecule has 0 bridgehead atoms. The number of rotatable bonds is 5. The molecule has 2 aromatic rings. The molecule has 3 nitrogen and oxygen atoms in total. The van der Waals surface area contributed by atoms with Gasteiger partial charge < -0.3 is 15.2 Å². The second-order valence-electron chi connectivity index (χ2n) is 5.21. The number of phenols is 1. The molecule has 0 aromatic heterocycles. The maximum Gasteiger partial charge on any atom is 0.160 e. The van der Waals surface area contributed by atoms with Crippen molar-refractivity contribution in [2.24, 2.45) is 0 Å². The van der Waals surface area contributed by atoms with E-state index in [0.717, 1.165) is 18.2 Å². The van der Waals surface area contributed by atoms with E-state index in [1.54, 1.807) is 19.2 Å². The summed E-state index contributed by atoms with van der Waals surface area (Å²) >= 11 is 0. The number of anilines is 1. The third-order valence-corrected chi connectivity index (χ3v) is 3.73. The molecular formula is C17H19NO2. The zero-order valence-electron chi connectivity index (χ0n) is 11.6. The molecule has 1 fully saturated rings. The Kier molecular flexibility index (Phi) is 3.50. The fourth-order valence-electron chi connectivity index (χ4n) is 2.49. The van der Waals surface area contributed by atoms with Gasteiger partial charge in [0, 0.05) is 18.3 Å². The fourth-order valence-corrected chi connectivity index (χ4v) is 2.49. The third kappa shape index (κ3) is 2.72. The Bertz CT molecular complexity index is 606. The standard InChI is InChI=1S/C17H19NO2/c1-20-17-9-8-14(10-16(17)19)18-11-13-4-2-3-5-15(13)12-6-7-12/h2-5,8-10,12,18-19H,6-7,11H2,1H3. The zero-order valence-corrected chi connectivity index (χ0v) is 11.6. The van der Waals surface area contributed by atoms with Gasteiger partial charge in [0.05, 0.1) is 7.11 Å². The first-order valence-corrected chi connectivity index (χ1v) is 6.96. The van der Waals surface area contributed by atoms with Gasteiger partial charge in [-0.2, -0.15) is 0 Å². The Hall–Kier alpha value is -2.16. The normalized spacial score (nSPS) is 14.1. The summed E-state index contributed by atoms with van der Waals surface area (Å²) in [6.45, 7) is 0.776. The summed E-state index contributed by atoms with van der Waals surface area (Å²) in [4.78, 5) is 0.